The van der Waals surface area contributed by atoms with Gasteiger partial charge in [0.15, 0.2) is 0 Å². The first kappa shape index (κ1) is 24.7. The number of unbranched alkanes of at least 4 members (excludes halogenated alkanes) is 11. The van der Waals surface area contributed by atoms with Crippen LogP contribution in [0.25, 0.3) is 0 Å². The fraction of sp³-hybridized carbons (Fsp3) is 0.708. The second-order valence-corrected chi connectivity index (χ2v) is 7.13. The minimum atomic E-state index is -0.665. The molecule has 0 fully saturated rings. The molecule has 0 spiro atoms. The summed E-state index contributed by atoms with van der Waals surface area (Å²) in [5.41, 5.74) is 0. The van der Waals surface area contributed by atoms with Crippen molar-refractivity contribution in [2.45, 2.75) is 110 Å². The van der Waals surface area contributed by atoms with Gasteiger partial charge in [0.25, 0.3) is 0 Å². The quantitative estimate of drug-likeness (QED) is 0.187. The molecule has 2 nitrogen and oxygen atoms in total. The summed E-state index contributed by atoms with van der Waals surface area (Å²) in [4.78, 5) is 10.4. The second-order valence-electron chi connectivity index (χ2n) is 7.13. The Hall–Kier alpha value is -1.31. The van der Waals surface area contributed by atoms with Gasteiger partial charge < -0.3 is 5.11 Å². The molecule has 26 heavy (non-hydrogen) atoms. The van der Waals surface area contributed by atoms with E-state index in [1.54, 1.807) is 0 Å². The monoisotopic (exact) mass is 362 g/mol. The van der Waals surface area contributed by atoms with Gasteiger partial charge >= 0.3 is 5.97 Å². The normalized spacial score (nSPS) is 12.0. The second kappa shape index (κ2) is 21.7. The summed E-state index contributed by atoms with van der Waals surface area (Å²) < 4.78 is 0. The molecule has 0 radical (unpaired) electrons. The lowest BCUT2D eigenvalue weighted by atomic mass is 10.1. The lowest BCUT2D eigenvalue weighted by molar-refractivity contribution is -0.137. The van der Waals surface area contributed by atoms with Crippen LogP contribution >= 0.6 is 0 Å². The maximum Gasteiger partial charge on any atom is 0.303 e. The van der Waals surface area contributed by atoms with E-state index in [1.165, 1.54) is 70.6 Å². The molecular formula is C24H42O2. The van der Waals surface area contributed by atoms with Gasteiger partial charge in [-0.15, -0.1) is 0 Å². The maximum atomic E-state index is 10.4. The lowest BCUT2D eigenvalue weighted by Gasteiger charge is -2.00. The van der Waals surface area contributed by atoms with Crippen molar-refractivity contribution >= 4 is 5.97 Å². The Balaban J connectivity index is 3.24. The van der Waals surface area contributed by atoms with Crippen molar-refractivity contribution in [3.63, 3.8) is 0 Å². The zero-order chi connectivity index (χ0) is 19.1. The number of carbonyl (C=O) groups is 1. The van der Waals surface area contributed by atoms with Crippen LogP contribution in [0.5, 0.6) is 0 Å². The number of hydrogen-bond donors (Lipinski definition) is 1. The molecule has 0 unspecified atom stereocenters. The average molecular weight is 363 g/mol. The molecule has 2 heteroatoms. The maximum absolute atomic E-state index is 10.4. The highest BCUT2D eigenvalue weighted by Crippen LogP contribution is 2.10. The van der Waals surface area contributed by atoms with Crippen LogP contribution in [0, 0.1) is 0 Å². The summed E-state index contributed by atoms with van der Waals surface area (Å²) in [7, 11) is 0. The fourth-order valence-electron chi connectivity index (χ4n) is 2.87. The van der Waals surface area contributed by atoms with Gasteiger partial charge in [0.05, 0.1) is 0 Å². The minimum Gasteiger partial charge on any atom is -0.481 e. The summed E-state index contributed by atoms with van der Waals surface area (Å²) in [6.07, 6.45) is 32.1. The summed E-state index contributed by atoms with van der Waals surface area (Å²) in [6, 6.07) is 0. The van der Waals surface area contributed by atoms with Crippen molar-refractivity contribution in [1.29, 1.82) is 0 Å². The van der Waals surface area contributed by atoms with Crippen LogP contribution in [-0.4, -0.2) is 11.1 Å². The molecular weight excluding hydrogens is 320 g/mol. The van der Waals surface area contributed by atoms with Crippen molar-refractivity contribution in [1.82, 2.24) is 0 Å². The SMILES string of the molecule is CCCCC/C=C\CC/C=C\C/C=C\CCCCCCCCCC(=O)O. The first-order valence-corrected chi connectivity index (χ1v) is 10.9. The Morgan fingerprint density at radius 2 is 1.08 bits per heavy atom. The van der Waals surface area contributed by atoms with Gasteiger partial charge in [0.1, 0.15) is 0 Å². The van der Waals surface area contributed by atoms with Gasteiger partial charge in [-0.3, -0.25) is 4.79 Å². The van der Waals surface area contributed by atoms with E-state index in [2.05, 4.69) is 43.4 Å². The Bertz CT molecular complexity index is 380. The minimum absolute atomic E-state index is 0.328. The topological polar surface area (TPSA) is 37.3 Å². The average Bonchev–Trinajstić information content (AvgIpc) is 2.62. The zero-order valence-electron chi connectivity index (χ0n) is 17.1. The van der Waals surface area contributed by atoms with Crippen LogP contribution < -0.4 is 0 Å². The van der Waals surface area contributed by atoms with Gasteiger partial charge in [0.2, 0.25) is 0 Å². The molecule has 0 atom stereocenters. The Morgan fingerprint density at radius 1 is 0.615 bits per heavy atom. The van der Waals surface area contributed by atoms with Gasteiger partial charge in [-0.1, -0.05) is 88.3 Å². The molecule has 0 aliphatic heterocycles. The molecule has 0 amide bonds. The largest absolute Gasteiger partial charge is 0.481 e. The first-order valence-electron chi connectivity index (χ1n) is 10.9. The molecule has 0 aromatic carbocycles. The molecule has 150 valence electrons. The van der Waals surface area contributed by atoms with Crippen molar-refractivity contribution in [2.75, 3.05) is 0 Å². The highest BCUT2D eigenvalue weighted by molar-refractivity contribution is 5.66. The number of hydrogen-bond acceptors (Lipinski definition) is 1. The van der Waals surface area contributed by atoms with Gasteiger partial charge in [-0.05, 0) is 51.4 Å². The third-order valence-electron chi connectivity index (χ3n) is 4.51. The predicted molar refractivity (Wildman–Crippen MR) is 115 cm³/mol. The fourth-order valence-corrected chi connectivity index (χ4v) is 2.87. The van der Waals surface area contributed by atoms with E-state index in [9.17, 15) is 4.79 Å². The van der Waals surface area contributed by atoms with Gasteiger partial charge in [-0.25, -0.2) is 0 Å². The van der Waals surface area contributed by atoms with Crippen molar-refractivity contribution in [3.8, 4) is 0 Å². The van der Waals surface area contributed by atoms with Crippen LogP contribution in [0.3, 0.4) is 0 Å². The first-order chi connectivity index (χ1) is 12.8. The molecule has 0 aliphatic rings. The van der Waals surface area contributed by atoms with Crippen LogP contribution in [-0.2, 0) is 4.79 Å². The molecule has 0 aromatic heterocycles. The summed E-state index contributed by atoms with van der Waals surface area (Å²) in [6.45, 7) is 2.25. The smallest absolute Gasteiger partial charge is 0.303 e. The van der Waals surface area contributed by atoms with Crippen LogP contribution in [0.1, 0.15) is 110 Å². The van der Waals surface area contributed by atoms with Crippen molar-refractivity contribution in [3.05, 3.63) is 36.5 Å². The molecule has 0 saturated carbocycles. The summed E-state index contributed by atoms with van der Waals surface area (Å²) in [5.74, 6) is -0.665. The number of carboxylic acid groups (broad SMARTS) is 1. The van der Waals surface area contributed by atoms with Crippen molar-refractivity contribution in [2.24, 2.45) is 0 Å². The van der Waals surface area contributed by atoms with E-state index >= 15 is 0 Å². The summed E-state index contributed by atoms with van der Waals surface area (Å²) >= 11 is 0. The van der Waals surface area contributed by atoms with Crippen LogP contribution in [0.4, 0.5) is 0 Å². The number of aliphatic carboxylic acids is 1. The number of carboxylic acids is 1. The van der Waals surface area contributed by atoms with Crippen molar-refractivity contribution < 1.29 is 9.90 Å². The van der Waals surface area contributed by atoms with E-state index < -0.39 is 5.97 Å². The molecule has 0 rings (SSSR count). The number of allylic oxidation sites excluding steroid dienone is 6. The van der Waals surface area contributed by atoms with Crippen LogP contribution in [0.2, 0.25) is 0 Å². The molecule has 0 saturated heterocycles. The third kappa shape index (κ3) is 22.7. The van der Waals surface area contributed by atoms with E-state index in [0.29, 0.717) is 6.42 Å². The Morgan fingerprint density at radius 3 is 1.69 bits per heavy atom. The standard InChI is InChI=1S/C24H42O2/c1-2-3-4-5-6-7-8-9-10-11-12-13-14-15-16-17-18-19-20-21-22-23-24(25)26/h6-7,10-11,13-14H,2-5,8-9,12,15-23H2,1H3,(H,25,26)/b7-6-,11-10-,14-13-. The predicted octanol–water partition coefficient (Wildman–Crippen LogP) is 8.00. The molecule has 0 bridgehead atoms. The molecule has 0 aliphatic carbocycles. The molecule has 1 N–H and O–H groups in total. The molecule has 0 aromatic rings. The Labute approximate surface area is 162 Å². The summed E-state index contributed by atoms with van der Waals surface area (Å²) in [5, 5.41) is 8.56. The lowest BCUT2D eigenvalue weighted by Crippen LogP contribution is -1.93. The van der Waals surface area contributed by atoms with Gasteiger partial charge in [-0.2, -0.15) is 0 Å². The van der Waals surface area contributed by atoms with Crippen LogP contribution in [0.15, 0.2) is 36.5 Å². The van der Waals surface area contributed by atoms with Gasteiger partial charge in [0, 0.05) is 6.42 Å². The van der Waals surface area contributed by atoms with E-state index in [-0.39, 0.29) is 0 Å². The van der Waals surface area contributed by atoms with E-state index in [0.717, 1.165) is 25.7 Å². The highest BCUT2D eigenvalue weighted by atomic mass is 16.4. The highest BCUT2D eigenvalue weighted by Gasteiger charge is 1.96. The zero-order valence-corrected chi connectivity index (χ0v) is 17.1. The third-order valence-corrected chi connectivity index (χ3v) is 4.51. The van der Waals surface area contributed by atoms with E-state index in [1.807, 2.05) is 0 Å². The molecule has 0 heterocycles. The number of rotatable bonds is 19. The Kier molecular flexibility index (Phi) is 20.6. The van der Waals surface area contributed by atoms with E-state index in [4.69, 9.17) is 5.11 Å².